The van der Waals surface area contributed by atoms with E-state index >= 15 is 0 Å². The van der Waals surface area contributed by atoms with Gasteiger partial charge < -0.3 is 20.5 Å². The minimum absolute atomic E-state index is 0.232. The van der Waals surface area contributed by atoms with E-state index in [0.717, 1.165) is 22.6 Å². The number of rotatable bonds is 4. The summed E-state index contributed by atoms with van der Waals surface area (Å²) in [6, 6.07) is 3.80. The summed E-state index contributed by atoms with van der Waals surface area (Å²) in [6.45, 7) is 1.95. The van der Waals surface area contributed by atoms with Gasteiger partial charge in [0.05, 0.1) is 20.4 Å². The lowest BCUT2D eigenvalue weighted by Gasteiger charge is -2.18. The first-order valence-corrected chi connectivity index (χ1v) is 4.80. The average Bonchev–Trinajstić information content (AvgIpc) is 2.27. The van der Waals surface area contributed by atoms with Gasteiger partial charge >= 0.3 is 0 Å². The van der Waals surface area contributed by atoms with E-state index in [9.17, 15) is 0 Å². The van der Waals surface area contributed by atoms with Crippen molar-refractivity contribution in [3.8, 4) is 11.5 Å². The van der Waals surface area contributed by atoms with E-state index in [1.165, 1.54) is 0 Å². The number of ether oxygens (including phenoxy) is 2. The maximum absolute atomic E-state index is 5.90. The van der Waals surface area contributed by atoms with Gasteiger partial charge in [0.2, 0.25) is 0 Å². The van der Waals surface area contributed by atoms with Crippen LogP contribution in [0.1, 0.15) is 17.3 Å². The molecule has 1 unspecified atom stereocenters. The molecule has 0 bridgehead atoms. The quantitative estimate of drug-likeness (QED) is 0.733. The molecule has 1 rings (SSSR count). The molecule has 1 aromatic carbocycles. The van der Waals surface area contributed by atoms with Gasteiger partial charge in [0.1, 0.15) is 11.5 Å². The van der Waals surface area contributed by atoms with Crippen LogP contribution in [0.3, 0.4) is 0 Å². The highest BCUT2D eigenvalue weighted by atomic mass is 16.5. The number of hydrogen-bond donors (Lipinski definition) is 2. The van der Waals surface area contributed by atoms with Crippen molar-refractivity contribution in [1.29, 1.82) is 0 Å². The Morgan fingerprint density at radius 2 is 1.93 bits per heavy atom. The first-order valence-electron chi connectivity index (χ1n) is 4.80. The monoisotopic (exact) mass is 210 g/mol. The summed E-state index contributed by atoms with van der Waals surface area (Å²) < 4.78 is 10.6. The Hall–Kier alpha value is -1.26. The molecule has 0 aliphatic carbocycles. The minimum Gasteiger partial charge on any atom is -0.496 e. The number of benzene rings is 1. The molecule has 0 aliphatic heterocycles. The molecule has 0 saturated heterocycles. The third-order valence-electron chi connectivity index (χ3n) is 2.46. The molecule has 84 valence electrons. The van der Waals surface area contributed by atoms with E-state index < -0.39 is 0 Å². The largest absolute Gasteiger partial charge is 0.496 e. The maximum Gasteiger partial charge on any atom is 0.131 e. The van der Waals surface area contributed by atoms with E-state index in [1.807, 2.05) is 26.1 Å². The zero-order valence-corrected chi connectivity index (χ0v) is 9.63. The van der Waals surface area contributed by atoms with Crippen LogP contribution in [0.25, 0.3) is 0 Å². The van der Waals surface area contributed by atoms with Crippen LogP contribution in [-0.4, -0.2) is 21.3 Å². The van der Waals surface area contributed by atoms with Gasteiger partial charge in [-0.2, -0.15) is 0 Å². The molecule has 0 fully saturated rings. The van der Waals surface area contributed by atoms with Crippen LogP contribution in [0.2, 0.25) is 0 Å². The fourth-order valence-electron chi connectivity index (χ4n) is 1.59. The number of hydrogen-bond acceptors (Lipinski definition) is 4. The second kappa shape index (κ2) is 5.00. The third-order valence-corrected chi connectivity index (χ3v) is 2.46. The van der Waals surface area contributed by atoms with Gasteiger partial charge in [-0.15, -0.1) is 0 Å². The molecular weight excluding hydrogens is 192 g/mol. The van der Waals surface area contributed by atoms with E-state index in [0.29, 0.717) is 0 Å². The fraction of sp³-hybridized carbons (Fsp3) is 0.455. The summed E-state index contributed by atoms with van der Waals surface area (Å²) in [4.78, 5) is 0. The van der Waals surface area contributed by atoms with Crippen LogP contribution in [0.5, 0.6) is 11.5 Å². The molecule has 0 saturated carbocycles. The summed E-state index contributed by atoms with van der Waals surface area (Å²) in [5.74, 6) is 1.58. The Morgan fingerprint density at radius 1 is 1.27 bits per heavy atom. The number of nitrogens with one attached hydrogen (secondary N) is 1. The topological polar surface area (TPSA) is 56.5 Å². The standard InChI is InChI=1S/C11H18N2O2/c1-7-9(14-3)6-5-8(10(7)15-4)11(12)13-2/h5-6,11,13H,12H2,1-4H3. The molecule has 1 aromatic rings. The minimum atomic E-state index is -0.232. The predicted octanol–water partition coefficient (Wildman–Crippen LogP) is 1.19. The highest BCUT2D eigenvalue weighted by molar-refractivity contribution is 5.50. The summed E-state index contributed by atoms with van der Waals surface area (Å²) in [5.41, 5.74) is 7.79. The molecule has 0 heterocycles. The lowest BCUT2D eigenvalue weighted by Crippen LogP contribution is -2.25. The van der Waals surface area contributed by atoms with Crippen molar-refractivity contribution in [2.45, 2.75) is 13.1 Å². The second-order valence-corrected chi connectivity index (χ2v) is 3.28. The third kappa shape index (κ3) is 2.22. The van der Waals surface area contributed by atoms with Gasteiger partial charge in [0.15, 0.2) is 0 Å². The Kier molecular flexibility index (Phi) is 3.94. The van der Waals surface area contributed by atoms with Crippen LogP contribution in [0, 0.1) is 6.92 Å². The molecule has 0 amide bonds. The fourth-order valence-corrected chi connectivity index (χ4v) is 1.59. The normalized spacial score (nSPS) is 12.3. The van der Waals surface area contributed by atoms with Crippen molar-refractivity contribution in [3.05, 3.63) is 23.3 Å². The predicted molar refractivity (Wildman–Crippen MR) is 60.3 cm³/mol. The Bertz CT molecular complexity index is 340. The summed E-state index contributed by atoms with van der Waals surface area (Å²) >= 11 is 0. The summed E-state index contributed by atoms with van der Waals surface area (Å²) in [5, 5.41) is 2.98. The highest BCUT2D eigenvalue weighted by Crippen LogP contribution is 2.33. The van der Waals surface area contributed by atoms with Crippen molar-refractivity contribution >= 4 is 0 Å². The van der Waals surface area contributed by atoms with Gasteiger partial charge in [-0.3, -0.25) is 0 Å². The first-order chi connectivity index (χ1) is 7.15. The summed E-state index contributed by atoms with van der Waals surface area (Å²) in [7, 11) is 5.08. The van der Waals surface area contributed by atoms with Gasteiger partial charge in [-0.05, 0) is 26.1 Å². The van der Waals surface area contributed by atoms with Gasteiger partial charge in [0.25, 0.3) is 0 Å². The van der Waals surface area contributed by atoms with Crippen molar-refractivity contribution < 1.29 is 9.47 Å². The van der Waals surface area contributed by atoms with E-state index in [1.54, 1.807) is 14.2 Å². The van der Waals surface area contributed by atoms with Crippen molar-refractivity contribution in [3.63, 3.8) is 0 Å². The summed E-state index contributed by atoms with van der Waals surface area (Å²) in [6.07, 6.45) is -0.232. The number of methoxy groups -OCH3 is 2. The molecule has 0 aliphatic rings. The second-order valence-electron chi connectivity index (χ2n) is 3.28. The molecule has 0 radical (unpaired) electrons. The van der Waals surface area contributed by atoms with E-state index in [2.05, 4.69) is 5.32 Å². The molecular formula is C11H18N2O2. The van der Waals surface area contributed by atoms with Crippen molar-refractivity contribution in [1.82, 2.24) is 5.32 Å². The van der Waals surface area contributed by atoms with Gasteiger partial charge in [-0.1, -0.05) is 0 Å². The lowest BCUT2D eigenvalue weighted by molar-refractivity contribution is 0.381. The van der Waals surface area contributed by atoms with Crippen LogP contribution in [0.15, 0.2) is 12.1 Å². The highest BCUT2D eigenvalue weighted by Gasteiger charge is 2.14. The van der Waals surface area contributed by atoms with E-state index in [4.69, 9.17) is 15.2 Å². The van der Waals surface area contributed by atoms with Crippen molar-refractivity contribution in [2.24, 2.45) is 5.73 Å². The zero-order valence-electron chi connectivity index (χ0n) is 9.63. The Balaban J connectivity index is 3.24. The number of nitrogens with two attached hydrogens (primary N) is 1. The molecule has 15 heavy (non-hydrogen) atoms. The van der Waals surface area contributed by atoms with Crippen LogP contribution < -0.4 is 20.5 Å². The SMILES string of the molecule is CNC(N)c1ccc(OC)c(C)c1OC. The molecule has 3 N–H and O–H groups in total. The van der Waals surface area contributed by atoms with Crippen LogP contribution >= 0.6 is 0 Å². The lowest BCUT2D eigenvalue weighted by atomic mass is 10.1. The first kappa shape index (κ1) is 11.8. The molecule has 0 spiro atoms. The Labute approximate surface area is 90.4 Å². The van der Waals surface area contributed by atoms with Crippen LogP contribution in [0.4, 0.5) is 0 Å². The van der Waals surface area contributed by atoms with Gasteiger partial charge in [-0.25, -0.2) is 0 Å². The van der Waals surface area contributed by atoms with E-state index in [-0.39, 0.29) is 6.17 Å². The van der Waals surface area contributed by atoms with Crippen LogP contribution in [-0.2, 0) is 0 Å². The molecule has 4 nitrogen and oxygen atoms in total. The smallest absolute Gasteiger partial charge is 0.131 e. The molecule has 0 aromatic heterocycles. The Morgan fingerprint density at radius 3 is 2.40 bits per heavy atom. The zero-order chi connectivity index (χ0) is 11.4. The molecule has 4 heteroatoms. The van der Waals surface area contributed by atoms with Gasteiger partial charge in [0, 0.05) is 11.1 Å². The average molecular weight is 210 g/mol. The maximum atomic E-state index is 5.90. The van der Waals surface area contributed by atoms with Crippen molar-refractivity contribution in [2.75, 3.05) is 21.3 Å². The molecule has 1 atom stereocenters.